The Kier molecular flexibility index (Phi) is 7.95. The lowest BCUT2D eigenvalue weighted by Crippen LogP contribution is -2.54. The third-order valence-electron chi connectivity index (χ3n) is 8.51. The van der Waals surface area contributed by atoms with Crippen LogP contribution in [-0.2, 0) is 9.59 Å². The van der Waals surface area contributed by atoms with Gasteiger partial charge in [-0.1, -0.05) is 12.1 Å². The van der Waals surface area contributed by atoms with Gasteiger partial charge in [-0.05, 0) is 74.8 Å². The summed E-state index contributed by atoms with van der Waals surface area (Å²) >= 11 is 0. The number of imide groups is 2. The number of allylic oxidation sites excluding steroid dienone is 1. The van der Waals surface area contributed by atoms with Crippen molar-refractivity contribution in [1.29, 1.82) is 5.41 Å². The Morgan fingerprint density at radius 3 is 2.51 bits per heavy atom. The van der Waals surface area contributed by atoms with E-state index in [2.05, 4.69) is 25.9 Å². The highest BCUT2D eigenvalue weighted by Crippen LogP contribution is 2.32. The number of aromatic nitrogens is 2. The van der Waals surface area contributed by atoms with Crippen molar-refractivity contribution < 1.29 is 19.2 Å². The Hall–Kier alpha value is -4.93. The molecule has 1 aromatic heterocycles. The SMILES string of the molecule is N=C/C(=C\NCCC1CCC(Nc2ccc3c(c2)C(=O)N(C2CCC(=O)NC2=O)C3=O)CC1)c1cnc2ccccc2n1. The summed E-state index contributed by atoms with van der Waals surface area (Å²) < 4.78 is 0. The van der Waals surface area contributed by atoms with Crippen LogP contribution in [0.15, 0.2) is 54.9 Å². The Morgan fingerprint density at radius 2 is 1.74 bits per heavy atom. The second-order valence-corrected chi connectivity index (χ2v) is 11.3. The number of nitrogens with one attached hydrogen (secondary N) is 4. The number of anilines is 1. The number of carbonyl (C=O) groups is 4. The largest absolute Gasteiger partial charge is 0.390 e. The highest BCUT2D eigenvalue weighted by molar-refractivity contribution is 6.23. The first-order valence-corrected chi connectivity index (χ1v) is 14.7. The third kappa shape index (κ3) is 5.88. The minimum Gasteiger partial charge on any atom is -0.390 e. The van der Waals surface area contributed by atoms with Crippen LogP contribution in [0.25, 0.3) is 16.6 Å². The van der Waals surface area contributed by atoms with Gasteiger partial charge >= 0.3 is 0 Å². The fourth-order valence-corrected chi connectivity index (χ4v) is 6.15. The molecular weight excluding hydrogens is 546 g/mol. The second-order valence-electron chi connectivity index (χ2n) is 11.3. The summed E-state index contributed by atoms with van der Waals surface area (Å²) in [6, 6.07) is 12.1. The molecule has 1 saturated heterocycles. The van der Waals surface area contributed by atoms with Crippen molar-refractivity contribution in [2.24, 2.45) is 5.92 Å². The molecule has 0 bridgehead atoms. The van der Waals surface area contributed by atoms with Gasteiger partial charge in [0.25, 0.3) is 11.8 Å². The summed E-state index contributed by atoms with van der Waals surface area (Å²) in [5.74, 6) is -1.41. The summed E-state index contributed by atoms with van der Waals surface area (Å²) in [5.41, 5.74) is 4.30. The van der Waals surface area contributed by atoms with Crippen LogP contribution in [0, 0.1) is 11.3 Å². The number of para-hydroxylation sites is 2. The number of nitrogens with zero attached hydrogens (tertiary/aromatic N) is 3. The number of hydrogen-bond acceptors (Lipinski definition) is 9. The van der Waals surface area contributed by atoms with E-state index in [0.717, 1.165) is 60.3 Å². The first-order valence-electron chi connectivity index (χ1n) is 14.7. The van der Waals surface area contributed by atoms with Gasteiger partial charge in [0.1, 0.15) is 6.04 Å². The molecule has 0 spiro atoms. The van der Waals surface area contributed by atoms with E-state index < -0.39 is 29.7 Å². The number of piperidine rings is 1. The standard InChI is InChI=1S/C32H33N7O4/c33-16-20(27-18-35-25-3-1-2-4-26(25)37-27)17-34-14-13-19-5-7-21(8-6-19)36-22-9-10-23-24(15-22)32(43)39(31(23)42)28-11-12-29(40)38-30(28)41/h1-4,9-10,15-19,21,28,33-34,36H,5-8,11-14H2,(H,38,40,41)/b20-17+,33-16?. The quantitative estimate of drug-likeness (QED) is 0.170. The molecule has 11 heteroatoms. The summed E-state index contributed by atoms with van der Waals surface area (Å²) in [7, 11) is 0. The lowest BCUT2D eigenvalue weighted by Gasteiger charge is -2.30. The third-order valence-corrected chi connectivity index (χ3v) is 8.51. The molecular formula is C32H33N7O4. The van der Waals surface area contributed by atoms with E-state index in [0.29, 0.717) is 17.2 Å². The van der Waals surface area contributed by atoms with Gasteiger partial charge in [0.05, 0.1) is 34.1 Å². The summed E-state index contributed by atoms with van der Waals surface area (Å²) in [4.78, 5) is 59.9. The minimum absolute atomic E-state index is 0.0946. The molecule has 11 nitrogen and oxygen atoms in total. The van der Waals surface area contributed by atoms with Gasteiger partial charge < -0.3 is 16.0 Å². The van der Waals surface area contributed by atoms with Crippen LogP contribution in [0.5, 0.6) is 0 Å². The Balaban J connectivity index is 0.985. The molecule has 220 valence electrons. The summed E-state index contributed by atoms with van der Waals surface area (Å²) in [6.07, 6.45) is 10.2. The van der Waals surface area contributed by atoms with Gasteiger partial charge in [0.2, 0.25) is 11.8 Å². The molecule has 1 unspecified atom stereocenters. The lowest BCUT2D eigenvalue weighted by molar-refractivity contribution is -0.136. The van der Waals surface area contributed by atoms with Crippen molar-refractivity contribution in [1.82, 2.24) is 25.5 Å². The zero-order valence-electron chi connectivity index (χ0n) is 23.6. The fourth-order valence-electron chi connectivity index (χ4n) is 6.15. The molecule has 6 rings (SSSR count). The average molecular weight is 580 g/mol. The zero-order chi connectivity index (χ0) is 29.9. The Labute approximate surface area is 248 Å². The molecule has 3 aliphatic rings. The molecule has 3 aromatic rings. The highest BCUT2D eigenvalue weighted by Gasteiger charge is 2.44. The summed E-state index contributed by atoms with van der Waals surface area (Å²) in [6.45, 7) is 0.797. The van der Waals surface area contributed by atoms with Crippen LogP contribution in [-0.4, -0.2) is 63.3 Å². The number of benzene rings is 2. The van der Waals surface area contributed by atoms with E-state index in [1.165, 1.54) is 6.21 Å². The average Bonchev–Trinajstić information content (AvgIpc) is 3.26. The molecule has 0 radical (unpaired) electrons. The van der Waals surface area contributed by atoms with Crippen molar-refractivity contribution in [3.63, 3.8) is 0 Å². The van der Waals surface area contributed by atoms with Crippen LogP contribution in [0.2, 0.25) is 0 Å². The van der Waals surface area contributed by atoms with Crippen molar-refractivity contribution in [3.8, 4) is 0 Å². The maximum absolute atomic E-state index is 13.1. The van der Waals surface area contributed by atoms with E-state index in [1.807, 2.05) is 30.5 Å². The van der Waals surface area contributed by atoms with Crippen molar-refractivity contribution in [2.45, 2.75) is 57.0 Å². The molecule has 43 heavy (non-hydrogen) atoms. The van der Waals surface area contributed by atoms with Crippen LogP contribution in [0.4, 0.5) is 5.69 Å². The Morgan fingerprint density at radius 1 is 0.977 bits per heavy atom. The maximum Gasteiger partial charge on any atom is 0.262 e. The van der Waals surface area contributed by atoms with Crippen LogP contribution < -0.4 is 16.0 Å². The van der Waals surface area contributed by atoms with Gasteiger partial charge in [-0.25, -0.2) is 4.98 Å². The number of amides is 4. The number of rotatable bonds is 9. The fraction of sp³-hybridized carbons (Fsp3) is 0.344. The minimum atomic E-state index is -0.967. The van der Waals surface area contributed by atoms with Crippen molar-refractivity contribution in [3.05, 3.63) is 71.7 Å². The van der Waals surface area contributed by atoms with Gasteiger partial charge in [0, 0.05) is 42.7 Å². The first kappa shape index (κ1) is 28.2. The first-order chi connectivity index (χ1) is 20.9. The van der Waals surface area contributed by atoms with Crippen LogP contribution in [0.1, 0.15) is 71.4 Å². The molecule has 2 aliphatic heterocycles. The molecule has 1 saturated carbocycles. The predicted molar refractivity (Wildman–Crippen MR) is 161 cm³/mol. The second kappa shape index (κ2) is 12.1. The van der Waals surface area contributed by atoms with Crippen molar-refractivity contribution >= 4 is 52.1 Å². The van der Waals surface area contributed by atoms with Crippen LogP contribution >= 0.6 is 0 Å². The molecule has 4 N–H and O–H groups in total. The molecule has 4 amide bonds. The van der Waals surface area contributed by atoms with Gasteiger partial charge in [-0.15, -0.1) is 0 Å². The van der Waals surface area contributed by atoms with Gasteiger partial charge in [-0.2, -0.15) is 0 Å². The molecule has 3 heterocycles. The van der Waals surface area contributed by atoms with Crippen molar-refractivity contribution in [2.75, 3.05) is 11.9 Å². The van der Waals surface area contributed by atoms with E-state index in [-0.39, 0.29) is 30.0 Å². The summed E-state index contributed by atoms with van der Waals surface area (Å²) in [5, 5.41) is 16.9. The normalized spacial score (nSPS) is 22.4. The highest BCUT2D eigenvalue weighted by atomic mass is 16.2. The van der Waals surface area contributed by atoms with E-state index in [9.17, 15) is 19.2 Å². The number of hydrogen-bond donors (Lipinski definition) is 4. The van der Waals surface area contributed by atoms with E-state index in [1.54, 1.807) is 24.4 Å². The molecule has 1 atom stereocenters. The monoisotopic (exact) mass is 579 g/mol. The lowest BCUT2D eigenvalue weighted by atomic mass is 9.84. The van der Waals surface area contributed by atoms with Gasteiger partial charge in [-0.3, -0.25) is 34.4 Å². The Bertz CT molecular complexity index is 1640. The zero-order valence-corrected chi connectivity index (χ0v) is 23.6. The van der Waals surface area contributed by atoms with E-state index >= 15 is 0 Å². The predicted octanol–water partition coefficient (Wildman–Crippen LogP) is 3.67. The topological polar surface area (TPSA) is 157 Å². The van der Waals surface area contributed by atoms with E-state index in [4.69, 9.17) is 5.41 Å². The number of carbonyl (C=O) groups excluding carboxylic acids is 4. The molecule has 2 fully saturated rings. The number of fused-ring (bicyclic) bond motifs is 2. The molecule has 1 aliphatic carbocycles. The van der Waals surface area contributed by atoms with Gasteiger partial charge in [0.15, 0.2) is 0 Å². The smallest absolute Gasteiger partial charge is 0.262 e. The maximum atomic E-state index is 13.1. The van der Waals surface area contributed by atoms with Crippen LogP contribution in [0.3, 0.4) is 0 Å². The molecule has 2 aromatic carbocycles.